The van der Waals surface area contributed by atoms with Crippen LogP contribution >= 0.6 is 27.3 Å². The molecule has 1 N–H and O–H groups in total. The average Bonchev–Trinajstić information content (AvgIpc) is 3.07. The summed E-state index contributed by atoms with van der Waals surface area (Å²) in [5, 5.41) is 3.55. The first-order valence-corrected chi connectivity index (χ1v) is 6.78. The second-order valence-electron chi connectivity index (χ2n) is 4.52. The molecule has 3 heteroatoms. The lowest BCUT2D eigenvalue weighted by Gasteiger charge is -2.25. The van der Waals surface area contributed by atoms with E-state index in [0.29, 0.717) is 11.0 Å². The maximum Gasteiger partial charge on any atom is 0.0701 e. The molecule has 14 heavy (non-hydrogen) atoms. The molecule has 0 spiro atoms. The van der Waals surface area contributed by atoms with Gasteiger partial charge in [-0.25, -0.2) is 0 Å². The summed E-state index contributed by atoms with van der Waals surface area (Å²) < 4.78 is 1.27. The Morgan fingerprint density at radius 3 is 2.36 bits per heavy atom. The summed E-state index contributed by atoms with van der Waals surface area (Å²) in [5.74, 6) is 0. The van der Waals surface area contributed by atoms with E-state index in [1.807, 2.05) is 11.3 Å². The van der Waals surface area contributed by atoms with Gasteiger partial charge in [-0.2, -0.15) is 0 Å². The van der Waals surface area contributed by atoms with Crippen LogP contribution < -0.4 is 5.32 Å². The number of likely N-dealkylation sites (N-methyl/N-ethyl adjacent to an activating group) is 1. The molecule has 0 bridgehead atoms. The summed E-state index contributed by atoms with van der Waals surface area (Å²) in [5.41, 5.74) is 0.954. The van der Waals surface area contributed by atoms with Gasteiger partial charge in [-0.15, -0.1) is 11.3 Å². The van der Waals surface area contributed by atoms with Gasteiger partial charge in [-0.1, -0.05) is 0 Å². The van der Waals surface area contributed by atoms with Crippen LogP contribution in [-0.2, 0) is 5.41 Å². The zero-order valence-corrected chi connectivity index (χ0v) is 10.7. The molecule has 1 nitrogen and oxygen atoms in total. The quantitative estimate of drug-likeness (QED) is 0.890. The lowest BCUT2D eigenvalue weighted by Crippen LogP contribution is -2.39. The maximum atomic E-state index is 3.56. The van der Waals surface area contributed by atoms with Crippen LogP contribution in [0.4, 0.5) is 0 Å². The van der Waals surface area contributed by atoms with Crippen molar-refractivity contribution in [1.29, 1.82) is 0 Å². The Labute approximate surface area is 97.0 Å². The minimum Gasteiger partial charge on any atom is -0.313 e. The van der Waals surface area contributed by atoms with Crippen molar-refractivity contribution in [3.05, 3.63) is 20.8 Å². The summed E-state index contributed by atoms with van der Waals surface area (Å²) in [6.07, 6.45) is 5.47. The first-order valence-electron chi connectivity index (χ1n) is 5.17. The van der Waals surface area contributed by atoms with Crippen LogP contribution in [0.3, 0.4) is 0 Å². The topological polar surface area (TPSA) is 12.0 Å². The van der Waals surface area contributed by atoms with Crippen molar-refractivity contribution < 1.29 is 0 Å². The highest BCUT2D eigenvalue weighted by Crippen LogP contribution is 2.65. The van der Waals surface area contributed by atoms with Crippen molar-refractivity contribution in [2.75, 3.05) is 7.05 Å². The Hall–Kier alpha value is 0.140. The molecule has 3 rings (SSSR count). The number of hydrogen-bond donors (Lipinski definition) is 1. The van der Waals surface area contributed by atoms with Gasteiger partial charge >= 0.3 is 0 Å². The lowest BCUT2D eigenvalue weighted by atomic mass is 9.92. The fourth-order valence-electron chi connectivity index (χ4n) is 2.75. The minimum atomic E-state index is 0.456. The summed E-state index contributed by atoms with van der Waals surface area (Å²) in [6.45, 7) is 0. The number of halogens is 1. The number of rotatable bonds is 3. The summed E-state index contributed by atoms with van der Waals surface area (Å²) in [6, 6.07) is 4.49. The molecule has 0 aliphatic heterocycles. The molecule has 0 aromatic carbocycles. The average molecular weight is 272 g/mol. The van der Waals surface area contributed by atoms with E-state index in [1.54, 1.807) is 4.88 Å². The van der Waals surface area contributed by atoms with Gasteiger partial charge in [0.2, 0.25) is 0 Å². The molecule has 0 amide bonds. The van der Waals surface area contributed by atoms with E-state index in [-0.39, 0.29) is 0 Å². The monoisotopic (exact) mass is 271 g/mol. The summed E-state index contributed by atoms with van der Waals surface area (Å²) in [4.78, 5) is 1.58. The van der Waals surface area contributed by atoms with Gasteiger partial charge < -0.3 is 5.32 Å². The molecule has 2 aliphatic rings. The van der Waals surface area contributed by atoms with E-state index in [1.165, 1.54) is 29.5 Å². The minimum absolute atomic E-state index is 0.456. The first kappa shape index (κ1) is 9.37. The van der Waals surface area contributed by atoms with Crippen LogP contribution in [0.25, 0.3) is 0 Å². The van der Waals surface area contributed by atoms with Crippen LogP contribution in [-0.4, -0.2) is 12.6 Å². The van der Waals surface area contributed by atoms with Gasteiger partial charge in [-0.05, 0) is 60.8 Å². The molecule has 0 radical (unpaired) electrons. The Morgan fingerprint density at radius 1 is 1.29 bits per heavy atom. The number of hydrogen-bond acceptors (Lipinski definition) is 2. The Morgan fingerprint density at radius 2 is 2.00 bits per heavy atom. The largest absolute Gasteiger partial charge is 0.313 e. The van der Waals surface area contributed by atoms with Gasteiger partial charge in [0.1, 0.15) is 0 Å². The third-order valence-corrected chi connectivity index (χ3v) is 5.77. The Kier molecular flexibility index (Phi) is 1.90. The van der Waals surface area contributed by atoms with E-state index in [2.05, 4.69) is 40.4 Å². The van der Waals surface area contributed by atoms with Crippen molar-refractivity contribution in [1.82, 2.24) is 5.32 Å². The SMILES string of the molecule is CNC1(C2(c3ccc(Br)s3)CC2)CC1. The zero-order chi connectivity index (χ0) is 9.81. The third kappa shape index (κ3) is 1.09. The van der Waals surface area contributed by atoms with Gasteiger partial charge in [0.05, 0.1) is 3.79 Å². The van der Waals surface area contributed by atoms with Crippen LogP contribution in [0.5, 0.6) is 0 Å². The van der Waals surface area contributed by atoms with E-state index >= 15 is 0 Å². The fourth-order valence-corrected chi connectivity index (χ4v) is 4.48. The third-order valence-electron chi connectivity index (χ3n) is 3.94. The Balaban J connectivity index is 1.98. The molecule has 1 heterocycles. The van der Waals surface area contributed by atoms with Crippen LogP contribution in [0, 0.1) is 0 Å². The number of nitrogens with one attached hydrogen (secondary N) is 1. The molecule has 0 saturated heterocycles. The van der Waals surface area contributed by atoms with Crippen LogP contribution in [0.2, 0.25) is 0 Å². The van der Waals surface area contributed by atoms with Crippen LogP contribution in [0.15, 0.2) is 15.9 Å². The molecule has 0 atom stereocenters. The summed E-state index contributed by atoms with van der Waals surface area (Å²) in [7, 11) is 2.12. The molecule has 2 saturated carbocycles. The predicted octanol–water partition coefficient (Wildman–Crippen LogP) is 3.29. The highest BCUT2D eigenvalue weighted by molar-refractivity contribution is 9.11. The predicted molar refractivity (Wildman–Crippen MR) is 64.0 cm³/mol. The van der Waals surface area contributed by atoms with E-state index in [9.17, 15) is 0 Å². The first-order chi connectivity index (χ1) is 6.72. The Bertz CT molecular complexity index is 363. The van der Waals surface area contributed by atoms with Crippen molar-refractivity contribution in [2.24, 2.45) is 0 Å². The number of thiophene rings is 1. The van der Waals surface area contributed by atoms with Crippen molar-refractivity contribution in [3.8, 4) is 0 Å². The molecule has 0 unspecified atom stereocenters. The van der Waals surface area contributed by atoms with Crippen molar-refractivity contribution in [2.45, 2.75) is 36.6 Å². The standard InChI is InChI=1S/C11H14BrNS/c1-13-11(6-7-11)10(4-5-10)8-2-3-9(12)14-8/h2-3,13H,4-7H2,1H3. The summed E-state index contributed by atoms with van der Waals surface area (Å²) >= 11 is 5.48. The molecule has 1 aromatic rings. The van der Waals surface area contributed by atoms with Crippen molar-refractivity contribution >= 4 is 27.3 Å². The second-order valence-corrected chi connectivity index (χ2v) is 6.98. The molecular weight excluding hydrogens is 258 g/mol. The molecular formula is C11H14BrNS. The van der Waals surface area contributed by atoms with Crippen LogP contribution in [0.1, 0.15) is 30.6 Å². The van der Waals surface area contributed by atoms with Gasteiger partial charge in [0.15, 0.2) is 0 Å². The fraction of sp³-hybridized carbons (Fsp3) is 0.636. The zero-order valence-electron chi connectivity index (χ0n) is 8.27. The van der Waals surface area contributed by atoms with Gasteiger partial charge in [-0.3, -0.25) is 0 Å². The van der Waals surface area contributed by atoms with Crippen molar-refractivity contribution in [3.63, 3.8) is 0 Å². The second kappa shape index (κ2) is 2.83. The maximum absolute atomic E-state index is 3.56. The lowest BCUT2D eigenvalue weighted by molar-refractivity contribution is 0.432. The molecule has 1 aromatic heterocycles. The highest BCUT2D eigenvalue weighted by atomic mass is 79.9. The van der Waals surface area contributed by atoms with E-state index in [4.69, 9.17) is 0 Å². The van der Waals surface area contributed by atoms with E-state index in [0.717, 1.165) is 0 Å². The molecule has 76 valence electrons. The normalized spacial score (nSPS) is 26.1. The van der Waals surface area contributed by atoms with E-state index < -0.39 is 0 Å². The van der Waals surface area contributed by atoms with Gasteiger partial charge in [0.25, 0.3) is 0 Å². The smallest absolute Gasteiger partial charge is 0.0701 e. The highest BCUT2D eigenvalue weighted by Gasteiger charge is 2.65. The van der Waals surface area contributed by atoms with Gasteiger partial charge in [0, 0.05) is 15.8 Å². The molecule has 2 aliphatic carbocycles. The molecule has 2 fully saturated rings.